The van der Waals surface area contributed by atoms with Crippen molar-refractivity contribution < 1.29 is 4.74 Å². The van der Waals surface area contributed by atoms with Gasteiger partial charge in [0.1, 0.15) is 11.3 Å². The Balaban J connectivity index is 1.86. The minimum atomic E-state index is 0.309. The molecule has 0 aliphatic heterocycles. The van der Waals surface area contributed by atoms with E-state index in [2.05, 4.69) is 16.2 Å². The highest BCUT2D eigenvalue weighted by molar-refractivity contribution is 5.97. The van der Waals surface area contributed by atoms with Gasteiger partial charge in [0.2, 0.25) is 5.95 Å². The number of nitrogens with zero attached hydrogens (tertiary/aromatic N) is 4. The highest BCUT2D eigenvalue weighted by Crippen LogP contribution is 2.29. The number of nitrogen functional groups attached to an aromatic ring is 1. The maximum absolute atomic E-state index is 9.04. The van der Waals surface area contributed by atoms with Crippen LogP contribution in [0.1, 0.15) is 16.8 Å². The number of hydrogen-bond donors (Lipinski definition) is 1. The predicted octanol–water partition coefficient (Wildman–Crippen LogP) is 2.94. The Morgan fingerprint density at radius 1 is 1.20 bits per heavy atom. The molecule has 0 saturated carbocycles. The van der Waals surface area contributed by atoms with E-state index in [1.807, 2.05) is 42.5 Å². The number of benzene rings is 2. The molecular formula is C19H15N5O. The molecule has 0 amide bonds. The number of aromatic nitrogens is 3. The number of anilines is 1. The Labute approximate surface area is 144 Å². The molecule has 6 nitrogen and oxygen atoms in total. The van der Waals surface area contributed by atoms with Gasteiger partial charge in [0, 0.05) is 11.8 Å². The Morgan fingerprint density at radius 3 is 2.84 bits per heavy atom. The molecule has 4 aromatic rings. The number of methoxy groups -OCH3 is 1. The summed E-state index contributed by atoms with van der Waals surface area (Å²) in [6, 6.07) is 17.4. The zero-order valence-electron chi connectivity index (χ0n) is 13.6. The van der Waals surface area contributed by atoms with Gasteiger partial charge in [-0.05, 0) is 29.8 Å². The van der Waals surface area contributed by atoms with E-state index in [1.165, 1.54) is 0 Å². The van der Waals surface area contributed by atoms with Gasteiger partial charge >= 0.3 is 0 Å². The van der Waals surface area contributed by atoms with E-state index in [-0.39, 0.29) is 0 Å². The van der Waals surface area contributed by atoms with Crippen LogP contribution in [0.4, 0.5) is 5.95 Å². The minimum absolute atomic E-state index is 0.309. The first kappa shape index (κ1) is 15.0. The maximum atomic E-state index is 9.04. The van der Waals surface area contributed by atoms with Gasteiger partial charge in [-0.15, -0.1) is 0 Å². The molecule has 0 atom stereocenters. The third kappa shape index (κ3) is 2.52. The number of nitriles is 1. The van der Waals surface area contributed by atoms with Gasteiger partial charge in [0.05, 0.1) is 30.0 Å². The summed E-state index contributed by atoms with van der Waals surface area (Å²) in [5, 5.41) is 14.5. The molecule has 4 rings (SSSR count). The number of hydrogen-bond acceptors (Lipinski definition) is 5. The van der Waals surface area contributed by atoms with Crippen molar-refractivity contribution >= 4 is 22.4 Å². The number of para-hydroxylation sites is 1. The summed E-state index contributed by atoms with van der Waals surface area (Å²) in [6.45, 7) is 0. The standard InChI is InChI=1S/C19H15N5O/c1-25-17-7-3-6-15-16-10-14(23-24(16)19(21)22-18(15)17)9-12-4-2-5-13(8-12)11-20/h2-8,10H,9H2,1H3,(H2,21,22). The molecule has 2 heterocycles. The van der Waals surface area contributed by atoms with Crippen LogP contribution in [0.25, 0.3) is 16.4 Å². The number of rotatable bonds is 3. The van der Waals surface area contributed by atoms with Crippen LogP contribution in [-0.4, -0.2) is 21.7 Å². The van der Waals surface area contributed by atoms with E-state index < -0.39 is 0 Å². The molecular weight excluding hydrogens is 314 g/mol. The SMILES string of the molecule is COc1cccc2c1nc(N)n1nc(Cc3cccc(C#N)c3)cc21. The lowest BCUT2D eigenvalue weighted by molar-refractivity contribution is 0.419. The largest absolute Gasteiger partial charge is 0.494 e. The van der Waals surface area contributed by atoms with E-state index in [0.717, 1.165) is 22.2 Å². The van der Waals surface area contributed by atoms with Crippen molar-refractivity contribution in [2.24, 2.45) is 0 Å². The lowest BCUT2D eigenvalue weighted by Crippen LogP contribution is -2.03. The number of nitrogens with two attached hydrogens (primary N) is 1. The molecule has 2 aromatic heterocycles. The Morgan fingerprint density at radius 2 is 2.04 bits per heavy atom. The van der Waals surface area contributed by atoms with Gasteiger partial charge in [-0.3, -0.25) is 0 Å². The monoisotopic (exact) mass is 329 g/mol. The molecule has 0 aliphatic carbocycles. The maximum Gasteiger partial charge on any atom is 0.222 e. The average molecular weight is 329 g/mol. The molecule has 2 aromatic carbocycles. The zero-order chi connectivity index (χ0) is 17.4. The average Bonchev–Trinajstić information content (AvgIpc) is 3.06. The van der Waals surface area contributed by atoms with Crippen LogP contribution in [0.15, 0.2) is 48.5 Å². The van der Waals surface area contributed by atoms with Crippen LogP contribution >= 0.6 is 0 Å². The van der Waals surface area contributed by atoms with Crippen molar-refractivity contribution in [2.45, 2.75) is 6.42 Å². The second kappa shape index (κ2) is 5.80. The van der Waals surface area contributed by atoms with E-state index in [4.69, 9.17) is 15.7 Å². The first-order valence-corrected chi connectivity index (χ1v) is 7.79. The second-order valence-electron chi connectivity index (χ2n) is 5.75. The summed E-state index contributed by atoms with van der Waals surface area (Å²) in [6.07, 6.45) is 0.613. The predicted molar refractivity (Wildman–Crippen MR) is 95.4 cm³/mol. The van der Waals surface area contributed by atoms with Crippen LogP contribution in [0.2, 0.25) is 0 Å². The smallest absolute Gasteiger partial charge is 0.222 e. The van der Waals surface area contributed by atoms with Gasteiger partial charge in [-0.1, -0.05) is 24.3 Å². The molecule has 0 bridgehead atoms. The molecule has 0 saturated heterocycles. The summed E-state index contributed by atoms with van der Waals surface area (Å²) in [5.41, 5.74) is 10.2. The molecule has 0 aliphatic rings. The van der Waals surface area contributed by atoms with E-state index in [1.54, 1.807) is 17.7 Å². The molecule has 0 fully saturated rings. The van der Waals surface area contributed by atoms with Crippen molar-refractivity contribution in [1.82, 2.24) is 14.6 Å². The third-order valence-corrected chi connectivity index (χ3v) is 4.14. The quantitative estimate of drug-likeness (QED) is 0.624. The fraction of sp³-hybridized carbons (Fsp3) is 0.105. The van der Waals surface area contributed by atoms with Gasteiger partial charge in [-0.2, -0.15) is 14.9 Å². The first-order chi connectivity index (χ1) is 12.2. The minimum Gasteiger partial charge on any atom is -0.494 e. The van der Waals surface area contributed by atoms with E-state index >= 15 is 0 Å². The number of ether oxygens (including phenoxy) is 1. The van der Waals surface area contributed by atoms with E-state index in [0.29, 0.717) is 29.2 Å². The van der Waals surface area contributed by atoms with Crippen LogP contribution < -0.4 is 10.5 Å². The summed E-state index contributed by atoms with van der Waals surface area (Å²) in [4.78, 5) is 4.43. The summed E-state index contributed by atoms with van der Waals surface area (Å²) >= 11 is 0. The molecule has 6 heteroatoms. The van der Waals surface area contributed by atoms with Crippen LogP contribution in [0.3, 0.4) is 0 Å². The van der Waals surface area contributed by atoms with Gasteiger partial charge < -0.3 is 10.5 Å². The summed E-state index contributed by atoms with van der Waals surface area (Å²) in [5.74, 6) is 0.986. The van der Waals surface area contributed by atoms with Crippen LogP contribution in [-0.2, 0) is 6.42 Å². The highest BCUT2D eigenvalue weighted by Gasteiger charge is 2.13. The molecule has 0 spiro atoms. The molecule has 2 N–H and O–H groups in total. The van der Waals surface area contributed by atoms with E-state index in [9.17, 15) is 0 Å². The zero-order valence-corrected chi connectivity index (χ0v) is 13.6. The van der Waals surface area contributed by atoms with Crippen molar-refractivity contribution in [1.29, 1.82) is 5.26 Å². The topological polar surface area (TPSA) is 89.2 Å². The molecule has 25 heavy (non-hydrogen) atoms. The van der Waals surface area contributed by atoms with Gasteiger partial charge in [-0.25, -0.2) is 4.98 Å². The Hall–Kier alpha value is -3.59. The molecule has 0 unspecified atom stereocenters. The lowest BCUT2D eigenvalue weighted by Gasteiger charge is -2.07. The summed E-state index contributed by atoms with van der Waals surface area (Å²) < 4.78 is 7.03. The lowest BCUT2D eigenvalue weighted by atomic mass is 10.1. The van der Waals surface area contributed by atoms with Gasteiger partial charge in [0.25, 0.3) is 0 Å². The highest BCUT2D eigenvalue weighted by atomic mass is 16.5. The van der Waals surface area contributed by atoms with Gasteiger partial charge in [0.15, 0.2) is 0 Å². The van der Waals surface area contributed by atoms with Crippen molar-refractivity contribution in [2.75, 3.05) is 12.8 Å². The van der Waals surface area contributed by atoms with Crippen molar-refractivity contribution in [3.05, 3.63) is 65.4 Å². The number of fused-ring (bicyclic) bond motifs is 3. The summed E-state index contributed by atoms with van der Waals surface area (Å²) in [7, 11) is 1.61. The fourth-order valence-electron chi connectivity index (χ4n) is 3.01. The van der Waals surface area contributed by atoms with Crippen molar-refractivity contribution in [3.63, 3.8) is 0 Å². The Kier molecular flexibility index (Phi) is 3.47. The second-order valence-corrected chi connectivity index (χ2v) is 5.75. The molecule has 122 valence electrons. The first-order valence-electron chi connectivity index (χ1n) is 7.79. The van der Waals surface area contributed by atoms with Crippen molar-refractivity contribution in [3.8, 4) is 11.8 Å². The normalized spacial score (nSPS) is 10.9. The van der Waals surface area contributed by atoms with Crippen LogP contribution in [0, 0.1) is 11.3 Å². The van der Waals surface area contributed by atoms with Crippen LogP contribution in [0.5, 0.6) is 5.75 Å². The molecule has 0 radical (unpaired) electrons. The fourth-order valence-corrected chi connectivity index (χ4v) is 3.01. The Bertz CT molecular complexity index is 1140. The third-order valence-electron chi connectivity index (χ3n) is 4.14.